The molecule has 3 aromatic carbocycles. The number of hydrogen-bond donors (Lipinski definition) is 2. The summed E-state index contributed by atoms with van der Waals surface area (Å²) in [5, 5.41) is 2.98. The van der Waals surface area contributed by atoms with Crippen LogP contribution in [0.25, 0.3) is 11.1 Å². The molecule has 3 N–H and O–H groups in total. The Kier molecular flexibility index (Phi) is 9.64. The lowest BCUT2D eigenvalue weighted by Gasteiger charge is -2.33. The smallest absolute Gasteiger partial charge is 0.411 e. The Hall–Kier alpha value is -5.19. The molecule has 0 spiro atoms. The summed E-state index contributed by atoms with van der Waals surface area (Å²) < 4.78 is 48.7. The predicted octanol–water partition coefficient (Wildman–Crippen LogP) is 6.81. The van der Waals surface area contributed by atoms with E-state index in [1.807, 2.05) is 30.3 Å². The molecule has 2 heterocycles. The number of benzene rings is 3. The maximum Gasteiger partial charge on any atom is 0.411 e. The molecule has 1 aliphatic heterocycles. The fourth-order valence-corrected chi connectivity index (χ4v) is 5.91. The Morgan fingerprint density at radius 1 is 0.957 bits per heavy atom. The van der Waals surface area contributed by atoms with Crippen LogP contribution in [0.4, 0.5) is 18.0 Å². The van der Waals surface area contributed by atoms with Gasteiger partial charge in [0, 0.05) is 17.8 Å². The van der Waals surface area contributed by atoms with Gasteiger partial charge in [0.05, 0.1) is 23.3 Å². The summed E-state index contributed by atoms with van der Waals surface area (Å²) in [6, 6.07) is 17.1. The van der Waals surface area contributed by atoms with E-state index in [4.69, 9.17) is 10.5 Å². The first kappa shape index (κ1) is 33.2. The van der Waals surface area contributed by atoms with Crippen LogP contribution in [0.3, 0.4) is 0 Å². The highest BCUT2D eigenvalue weighted by atomic mass is 19.1. The van der Waals surface area contributed by atoms with E-state index in [0.717, 1.165) is 29.8 Å². The number of nitrogens with two attached hydrogens (primary N) is 1. The molecule has 0 radical (unpaired) electrons. The van der Waals surface area contributed by atoms with E-state index in [0.29, 0.717) is 24.0 Å². The van der Waals surface area contributed by atoms with Crippen molar-refractivity contribution in [1.82, 2.24) is 15.2 Å². The maximum atomic E-state index is 14.4. The summed E-state index contributed by atoms with van der Waals surface area (Å²) in [6.07, 6.45) is 1.55. The topological polar surface area (TPSA) is 115 Å². The van der Waals surface area contributed by atoms with Gasteiger partial charge in [-0.25, -0.2) is 18.0 Å². The second-order valence-corrected chi connectivity index (χ2v) is 12.4. The van der Waals surface area contributed by atoms with Crippen LogP contribution in [-0.2, 0) is 16.0 Å². The molecule has 1 fully saturated rings. The van der Waals surface area contributed by atoms with E-state index in [1.165, 1.54) is 23.2 Å². The Labute approximate surface area is 270 Å². The number of amides is 3. The first-order valence-electron chi connectivity index (χ1n) is 15.2. The molecule has 1 aliphatic rings. The highest BCUT2D eigenvalue weighted by Gasteiger charge is 2.44. The summed E-state index contributed by atoms with van der Waals surface area (Å²) in [5.41, 5.74) is 6.40. The predicted molar refractivity (Wildman–Crippen MR) is 169 cm³/mol. The number of aromatic nitrogens is 1. The van der Waals surface area contributed by atoms with E-state index in [1.54, 1.807) is 32.9 Å². The zero-order valence-corrected chi connectivity index (χ0v) is 26.2. The number of likely N-dealkylation sites (tertiary alicyclic amines) is 1. The summed E-state index contributed by atoms with van der Waals surface area (Å²) in [4.78, 5) is 45.7. The molecule has 5 rings (SSSR count). The second kappa shape index (κ2) is 13.7. The van der Waals surface area contributed by atoms with Crippen LogP contribution in [0.2, 0.25) is 0 Å². The monoisotopic (exact) mass is 644 g/mol. The highest BCUT2D eigenvalue weighted by Crippen LogP contribution is 2.38. The van der Waals surface area contributed by atoms with Crippen LogP contribution < -0.4 is 11.1 Å². The summed E-state index contributed by atoms with van der Waals surface area (Å²) in [6.45, 7) is 5.22. The van der Waals surface area contributed by atoms with Crippen LogP contribution in [0.15, 0.2) is 85.1 Å². The van der Waals surface area contributed by atoms with Crippen molar-refractivity contribution in [3.8, 4) is 11.1 Å². The molecule has 3 amide bonds. The van der Waals surface area contributed by atoms with E-state index in [2.05, 4.69) is 10.3 Å². The van der Waals surface area contributed by atoms with Gasteiger partial charge in [0.25, 0.3) is 5.91 Å². The van der Waals surface area contributed by atoms with Crippen LogP contribution in [0.5, 0.6) is 0 Å². The van der Waals surface area contributed by atoms with Crippen molar-refractivity contribution < 1.29 is 32.3 Å². The van der Waals surface area contributed by atoms with Gasteiger partial charge in [-0.2, -0.15) is 0 Å². The molecule has 8 nitrogen and oxygen atoms in total. The van der Waals surface area contributed by atoms with E-state index in [9.17, 15) is 27.6 Å². The molecule has 0 saturated carbocycles. The third kappa shape index (κ3) is 7.79. The quantitative estimate of drug-likeness (QED) is 0.219. The van der Waals surface area contributed by atoms with E-state index >= 15 is 0 Å². The lowest BCUT2D eigenvalue weighted by molar-refractivity contribution is -0.126. The number of ether oxygens (including phenoxy) is 1. The third-order valence-corrected chi connectivity index (χ3v) is 7.87. The zero-order chi connectivity index (χ0) is 33.9. The van der Waals surface area contributed by atoms with E-state index in [-0.39, 0.29) is 23.2 Å². The fraction of sp³-hybridized carbons (Fsp3) is 0.278. The Morgan fingerprint density at radius 2 is 1.66 bits per heavy atom. The highest BCUT2D eigenvalue weighted by molar-refractivity contribution is 5.94. The maximum absolute atomic E-state index is 14.4. The molecule has 0 unspecified atom stereocenters. The number of carbonyl (C=O) groups is 3. The molecule has 3 atom stereocenters. The number of halogens is 3. The zero-order valence-electron chi connectivity index (χ0n) is 26.2. The Morgan fingerprint density at radius 3 is 2.32 bits per heavy atom. The van der Waals surface area contributed by atoms with Crippen LogP contribution in [0, 0.1) is 17.5 Å². The van der Waals surface area contributed by atoms with Crippen molar-refractivity contribution in [3.63, 3.8) is 0 Å². The van der Waals surface area contributed by atoms with Crippen molar-refractivity contribution in [1.29, 1.82) is 0 Å². The van der Waals surface area contributed by atoms with Crippen molar-refractivity contribution in [2.45, 2.75) is 63.8 Å². The van der Waals surface area contributed by atoms with Gasteiger partial charge in [0.1, 0.15) is 29.1 Å². The number of nitrogens with one attached hydrogen (secondary N) is 1. The molecule has 47 heavy (non-hydrogen) atoms. The van der Waals surface area contributed by atoms with Gasteiger partial charge in [0.15, 0.2) is 0 Å². The molecule has 0 bridgehead atoms. The molecule has 244 valence electrons. The van der Waals surface area contributed by atoms with Crippen molar-refractivity contribution in [3.05, 3.63) is 125 Å². The Bertz CT molecular complexity index is 1770. The SMILES string of the molecule is CC(C)(C)OC(=O)N1[C@@H](c2ccccc2)CC[C@H]1C(=O)N[C@@H](Cc1cc(F)cc(F)c1)c1ncccc1-c1ccc(F)c(C(N)=O)c1. The third-order valence-electron chi connectivity index (χ3n) is 7.87. The molecule has 1 aromatic heterocycles. The Balaban J connectivity index is 1.55. The number of primary amides is 1. The molecule has 4 aromatic rings. The van der Waals surface area contributed by atoms with Gasteiger partial charge in [-0.3, -0.25) is 19.5 Å². The molecule has 11 heteroatoms. The fourth-order valence-electron chi connectivity index (χ4n) is 5.91. The molecular formula is C36H35F3N4O4. The molecular weight excluding hydrogens is 609 g/mol. The average molecular weight is 645 g/mol. The number of rotatable bonds is 8. The number of nitrogens with zero attached hydrogens (tertiary/aromatic N) is 2. The molecule has 0 aliphatic carbocycles. The van der Waals surface area contributed by atoms with Crippen molar-refractivity contribution in [2.75, 3.05) is 0 Å². The van der Waals surface area contributed by atoms with Gasteiger partial charge < -0.3 is 15.8 Å². The average Bonchev–Trinajstić information content (AvgIpc) is 3.46. The standard InChI is InChI=1S/C36H35F3N4O4/c1-36(2,3)47-35(46)43-30(22-8-5-4-6-9-22)13-14-31(43)34(45)42-29(18-21-16-24(37)20-25(38)17-21)32-26(10-7-15-41-32)23-11-12-28(39)27(19-23)33(40)44/h4-12,15-17,19-20,29-31H,13-14,18H2,1-3H3,(H2,40,44)(H,42,45)/t29-,30+,31-/m0/s1. The first-order chi connectivity index (χ1) is 22.3. The van der Waals surface area contributed by atoms with Gasteiger partial charge in [-0.1, -0.05) is 42.5 Å². The van der Waals surface area contributed by atoms with Crippen LogP contribution >= 0.6 is 0 Å². The molecule has 1 saturated heterocycles. The largest absolute Gasteiger partial charge is 0.444 e. The number of carbonyl (C=O) groups excluding carboxylic acids is 3. The normalized spacial score (nSPS) is 16.9. The summed E-state index contributed by atoms with van der Waals surface area (Å²) in [5.74, 6) is -3.89. The van der Waals surface area contributed by atoms with Crippen LogP contribution in [-0.4, -0.2) is 39.4 Å². The first-order valence-corrected chi connectivity index (χ1v) is 15.2. The minimum atomic E-state index is -0.974. The van der Waals surface area contributed by atoms with E-state index < -0.39 is 59.1 Å². The van der Waals surface area contributed by atoms with Gasteiger partial charge >= 0.3 is 6.09 Å². The second-order valence-electron chi connectivity index (χ2n) is 12.4. The summed E-state index contributed by atoms with van der Waals surface area (Å²) in [7, 11) is 0. The van der Waals surface area contributed by atoms with Crippen molar-refractivity contribution >= 4 is 17.9 Å². The lowest BCUT2D eigenvalue weighted by Crippen LogP contribution is -2.49. The van der Waals surface area contributed by atoms with Gasteiger partial charge in [-0.05, 0) is 87.1 Å². The van der Waals surface area contributed by atoms with Gasteiger partial charge in [-0.15, -0.1) is 0 Å². The van der Waals surface area contributed by atoms with Crippen molar-refractivity contribution in [2.24, 2.45) is 5.73 Å². The van der Waals surface area contributed by atoms with Crippen LogP contribution in [0.1, 0.15) is 72.9 Å². The minimum Gasteiger partial charge on any atom is -0.444 e. The minimum absolute atomic E-state index is 0.0877. The number of hydrogen-bond acceptors (Lipinski definition) is 5. The van der Waals surface area contributed by atoms with Gasteiger partial charge in [0.2, 0.25) is 5.91 Å². The summed E-state index contributed by atoms with van der Waals surface area (Å²) >= 11 is 0. The lowest BCUT2D eigenvalue weighted by atomic mass is 9.94. The number of pyridine rings is 1.